The summed E-state index contributed by atoms with van der Waals surface area (Å²) in [6.45, 7) is 1.78. The zero-order chi connectivity index (χ0) is 13.3. The molecule has 2 aromatic rings. The number of nitrogens with zero attached hydrogens (tertiary/aromatic N) is 3. The third-order valence-corrected chi connectivity index (χ3v) is 2.95. The summed E-state index contributed by atoms with van der Waals surface area (Å²) in [5, 5.41) is 2.72. The van der Waals surface area contributed by atoms with Crippen molar-refractivity contribution in [1.82, 2.24) is 9.55 Å². The number of imidazole rings is 1. The van der Waals surface area contributed by atoms with Gasteiger partial charge in [0.05, 0.1) is 18.5 Å². The van der Waals surface area contributed by atoms with Crippen LogP contribution in [0.25, 0.3) is 5.69 Å². The number of hydrogen-bond acceptors (Lipinski definition) is 4. The van der Waals surface area contributed by atoms with Crippen LogP contribution in [-0.4, -0.2) is 16.7 Å². The molecule has 0 unspecified atom stereocenters. The van der Waals surface area contributed by atoms with Gasteiger partial charge in [-0.15, -0.1) is 4.91 Å². The molecule has 5 nitrogen and oxygen atoms in total. The third kappa shape index (κ3) is 2.13. The van der Waals surface area contributed by atoms with Crippen molar-refractivity contribution in [1.29, 1.82) is 0 Å². The van der Waals surface area contributed by atoms with Gasteiger partial charge in [-0.25, -0.2) is 9.37 Å². The van der Waals surface area contributed by atoms with Crippen molar-refractivity contribution in [3.63, 3.8) is 0 Å². The minimum absolute atomic E-state index is 0.273. The van der Waals surface area contributed by atoms with Gasteiger partial charge in [0, 0.05) is 18.3 Å². The van der Waals surface area contributed by atoms with Crippen LogP contribution in [0.2, 0.25) is 0 Å². The molecule has 0 bridgehead atoms. The Morgan fingerprint density at radius 1 is 1.50 bits per heavy atom. The fourth-order valence-electron chi connectivity index (χ4n) is 1.59. The van der Waals surface area contributed by atoms with Crippen LogP contribution in [0.15, 0.2) is 28.2 Å². The number of rotatable bonds is 3. The number of aryl methyl sites for hydroxylation is 1. The molecule has 0 aliphatic heterocycles. The Morgan fingerprint density at radius 3 is 2.72 bits per heavy atom. The molecule has 1 aromatic heterocycles. The van der Waals surface area contributed by atoms with Gasteiger partial charge in [0.1, 0.15) is 5.75 Å². The Kier molecular flexibility index (Phi) is 3.42. The second-order valence-corrected chi connectivity index (χ2v) is 4.30. The Morgan fingerprint density at radius 2 is 2.22 bits per heavy atom. The van der Waals surface area contributed by atoms with Crippen LogP contribution in [0.5, 0.6) is 5.75 Å². The molecule has 7 heteroatoms. The lowest BCUT2D eigenvalue weighted by atomic mass is 10.2. The van der Waals surface area contributed by atoms with Gasteiger partial charge in [0.25, 0.3) is 0 Å². The zero-order valence-corrected chi connectivity index (χ0v) is 11.2. The molecule has 0 aliphatic rings. The molecule has 0 atom stereocenters. The fraction of sp³-hybridized carbons (Fsp3) is 0.182. The lowest BCUT2D eigenvalue weighted by Gasteiger charge is -2.09. The molecular formula is C11H9BrFN3O2. The average molecular weight is 314 g/mol. The van der Waals surface area contributed by atoms with Crippen molar-refractivity contribution in [3.05, 3.63) is 39.5 Å². The van der Waals surface area contributed by atoms with Crippen LogP contribution < -0.4 is 4.74 Å². The Bertz CT molecular complexity index is 613. The molecule has 1 aromatic carbocycles. The summed E-state index contributed by atoms with van der Waals surface area (Å²) in [6.07, 6.45) is 1.66. The molecule has 0 saturated carbocycles. The van der Waals surface area contributed by atoms with E-state index in [1.54, 1.807) is 13.1 Å². The Hall–Kier alpha value is -1.76. The number of hydrogen-bond donors (Lipinski definition) is 0. The van der Waals surface area contributed by atoms with E-state index < -0.39 is 5.82 Å². The quantitative estimate of drug-likeness (QED) is 0.815. The van der Waals surface area contributed by atoms with E-state index in [9.17, 15) is 9.30 Å². The average Bonchev–Trinajstić information content (AvgIpc) is 2.67. The highest BCUT2D eigenvalue weighted by Gasteiger charge is 2.16. The van der Waals surface area contributed by atoms with Crippen molar-refractivity contribution >= 4 is 21.6 Å². The predicted octanol–water partition coefficient (Wildman–Crippen LogP) is 3.49. The highest BCUT2D eigenvalue weighted by atomic mass is 79.9. The van der Waals surface area contributed by atoms with Crippen molar-refractivity contribution in [3.8, 4) is 11.4 Å². The standard InChI is InChI=1S/C11H9BrFN3O2/c1-6-5-16(11(12)14-6)9-4-7(18-2)3-8(13)10(9)15-17/h3-5H,1-2H3. The summed E-state index contributed by atoms with van der Waals surface area (Å²) in [4.78, 5) is 14.9. The summed E-state index contributed by atoms with van der Waals surface area (Å²) in [5.41, 5.74) is 0.713. The summed E-state index contributed by atoms with van der Waals surface area (Å²) in [6, 6.07) is 2.63. The van der Waals surface area contributed by atoms with Crippen LogP contribution >= 0.6 is 15.9 Å². The first kappa shape index (κ1) is 12.7. The first-order chi connectivity index (χ1) is 8.56. The molecule has 0 N–H and O–H groups in total. The van der Waals surface area contributed by atoms with Crippen LogP contribution in [0, 0.1) is 17.6 Å². The maximum Gasteiger partial charge on any atom is 0.182 e. The highest BCUT2D eigenvalue weighted by molar-refractivity contribution is 9.10. The van der Waals surface area contributed by atoms with Gasteiger partial charge in [-0.1, -0.05) is 0 Å². The lowest BCUT2D eigenvalue weighted by molar-refractivity contribution is 0.411. The minimum Gasteiger partial charge on any atom is -0.497 e. The van der Waals surface area contributed by atoms with Gasteiger partial charge < -0.3 is 4.74 Å². The van der Waals surface area contributed by atoms with Gasteiger partial charge in [0.2, 0.25) is 0 Å². The van der Waals surface area contributed by atoms with Crippen LogP contribution in [0.4, 0.5) is 10.1 Å². The smallest absolute Gasteiger partial charge is 0.182 e. The lowest BCUT2D eigenvalue weighted by Crippen LogP contribution is -1.97. The van der Waals surface area contributed by atoms with Gasteiger partial charge in [-0.2, -0.15) is 0 Å². The molecule has 94 valence electrons. The minimum atomic E-state index is -0.738. The number of nitroso groups, excluding NO2 is 1. The maximum absolute atomic E-state index is 13.7. The number of ether oxygens (including phenoxy) is 1. The molecule has 0 fully saturated rings. The number of benzene rings is 1. The topological polar surface area (TPSA) is 56.5 Å². The molecule has 2 rings (SSSR count). The molecule has 1 heterocycles. The summed E-state index contributed by atoms with van der Waals surface area (Å²) < 4.78 is 20.7. The van der Waals surface area contributed by atoms with E-state index in [-0.39, 0.29) is 11.4 Å². The van der Waals surface area contributed by atoms with E-state index in [2.05, 4.69) is 26.1 Å². The maximum atomic E-state index is 13.7. The molecule has 0 amide bonds. The molecule has 0 aliphatic carbocycles. The normalized spacial score (nSPS) is 10.4. The highest BCUT2D eigenvalue weighted by Crippen LogP contribution is 2.33. The van der Waals surface area contributed by atoms with Crippen molar-refractivity contribution in [2.75, 3.05) is 7.11 Å². The molecule has 0 saturated heterocycles. The van der Waals surface area contributed by atoms with Gasteiger partial charge in [0.15, 0.2) is 16.2 Å². The third-order valence-electron chi connectivity index (χ3n) is 2.39. The van der Waals surface area contributed by atoms with Crippen LogP contribution in [-0.2, 0) is 0 Å². The van der Waals surface area contributed by atoms with E-state index in [1.807, 2.05) is 0 Å². The Labute approximate surface area is 111 Å². The van der Waals surface area contributed by atoms with E-state index in [4.69, 9.17) is 4.74 Å². The largest absolute Gasteiger partial charge is 0.497 e. The van der Waals surface area contributed by atoms with E-state index in [0.717, 1.165) is 11.8 Å². The van der Waals surface area contributed by atoms with E-state index in [1.165, 1.54) is 17.7 Å². The van der Waals surface area contributed by atoms with E-state index in [0.29, 0.717) is 10.5 Å². The molecule has 0 radical (unpaired) electrons. The SMILES string of the molecule is COc1cc(F)c(N=O)c(-n2cc(C)nc2Br)c1. The molecule has 18 heavy (non-hydrogen) atoms. The summed E-state index contributed by atoms with van der Waals surface area (Å²) in [7, 11) is 1.42. The second-order valence-electron chi connectivity index (χ2n) is 3.59. The van der Waals surface area contributed by atoms with Crippen LogP contribution in [0.1, 0.15) is 5.69 Å². The first-order valence-corrected chi connectivity index (χ1v) is 5.79. The second kappa shape index (κ2) is 4.85. The zero-order valence-electron chi connectivity index (χ0n) is 9.65. The van der Waals surface area contributed by atoms with E-state index >= 15 is 0 Å². The first-order valence-electron chi connectivity index (χ1n) is 4.99. The number of methoxy groups -OCH3 is 1. The number of aromatic nitrogens is 2. The Balaban J connectivity index is 2.72. The summed E-state index contributed by atoms with van der Waals surface area (Å²) >= 11 is 3.23. The van der Waals surface area contributed by atoms with Gasteiger partial charge in [-0.3, -0.25) is 4.57 Å². The van der Waals surface area contributed by atoms with Gasteiger partial charge >= 0.3 is 0 Å². The van der Waals surface area contributed by atoms with Gasteiger partial charge in [-0.05, 0) is 28.0 Å². The van der Waals surface area contributed by atoms with Crippen LogP contribution in [0.3, 0.4) is 0 Å². The molecule has 0 spiro atoms. The fourth-order valence-corrected chi connectivity index (χ4v) is 2.16. The molecular weight excluding hydrogens is 305 g/mol. The van der Waals surface area contributed by atoms with Crippen molar-refractivity contribution < 1.29 is 9.13 Å². The monoisotopic (exact) mass is 313 g/mol. The van der Waals surface area contributed by atoms with Crippen molar-refractivity contribution in [2.45, 2.75) is 6.92 Å². The number of halogens is 2. The van der Waals surface area contributed by atoms with Crippen molar-refractivity contribution in [2.24, 2.45) is 5.18 Å². The predicted molar refractivity (Wildman–Crippen MR) is 68.0 cm³/mol. The summed E-state index contributed by atoms with van der Waals surface area (Å²) in [5.74, 6) is -0.439.